The molecule has 0 bridgehead atoms. The third kappa shape index (κ3) is 3.21. The minimum Gasteiger partial charge on any atom is -0.481 e. The molecule has 1 rings (SSSR count). The first-order valence-electron chi connectivity index (χ1n) is 6.48. The summed E-state index contributed by atoms with van der Waals surface area (Å²) in [6.07, 6.45) is 6.19. The topological polar surface area (TPSA) is 49.3 Å². The van der Waals surface area contributed by atoms with Crippen LogP contribution in [0.5, 0.6) is 0 Å². The van der Waals surface area contributed by atoms with E-state index in [0.29, 0.717) is 5.92 Å². The second kappa shape index (κ2) is 6.24. The molecule has 0 aromatic heterocycles. The Labute approximate surface area is 98.6 Å². The van der Waals surface area contributed by atoms with Crippen LogP contribution in [0.1, 0.15) is 46.0 Å². The first-order chi connectivity index (χ1) is 7.57. The second-order valence-electron chi connectivity index (χ2n) is 5.32. The smallest absolute Gasteiger partial charge is 0.308 e. The van der Waals surface area contributed by atoms with E-state index in [9.17, 15) is 9.90 Å². The highest BCUT2D eigenvalue weighted by Gasteiger charge is 2.35. The molecule has 94 valence electrons. The van der Waals surface area contributed by atoms with Crippen LogP contribution in [0, 0.1) is 17.8 Å². The van der Waals surface area contributed by atoms with E-state index in [4.69, 9.17) is 0 Å². The molecule has 3 nitrogen and oxygen atoms in total. The number of nitrogens with one attached hydrogen (secondary N) is 1. The molecule has 0 radical (unpaired) electrons. The van der Waals surface area contributed by atoms with Crippen molar-refractivity contribution in [2.24, 2.45) is 17.8 Å². The lowest BCUT2D eigenvalue weighted by atomic mass is 9.75. The van der Waals surface area contributed by atoms with Crippen LogP contribution in [0.2, 0.25) is 0 Å². The van der Waals surface area contributed by atoms with Gasteiger partial charge in [-0.15, -0.1) is 0 Å². The Hall–Kier alpha value is -0.570. The lowest BCUT2D eigenvalue weighted by Gasteiger charge is -2.35. The third-order valence-corrected chi connectivity index (χ3v) is 3.88. The van der Waals surface area contributed by atoms with E-state index >= 15 is 0 Å². The zero-order valence-corrected chi connectivity index (χ0v) is 10.7. The first-order valence-corrected chi connectivity index (χ1v) is 6.48. The van der Waals surface area contributed by atoms with Crippen molar-refractivity contribution in [3.05, 3.63) is 0 Å². The van der Waals surface area contributed by atoms with Gasteiger partial charge in [0.15, 0.2) is 0 Å². The van der Waals surface area contributed by atoms with E-state index in [-0.39, 0.29) is 17.9 Å². The number of hydrogen-bond donors (Lipinski definition) is 2. The van der Waals surface area contributed by atoms with Gasteiger partial charge in [-0.3, -0.25) is 4.79 Å². The van der Waals surface area contributed by atoms with Crippen molar-refractivity contribution in [2.75, 3.05) is 7.05 Å². The highest BCUT2D eigenvalue weighted by molar-refractivity contribution is 5.71. The fourth-order valence-electron chi connectivity index (χ4n) is 3.06. The maximum Gasteiger partial charge on any atom is 0.308 e. The zero-order chi connectivity index (χ0) is 12.1. The van der Waals surface area contributed by atoms with Crippen LogP contribution in [-0.4, -0.2) is 24.2 Å². The SMILES string of the molecule is CNC(C1CCCCC1)C(C(=O)O)C(C)C. The van der Waals surface area contributed by atoms with Gasteiger partial charge in [0.2, 0.25) is 0 Å². The van der Waals surface area contributed by atoms with Crippen LogP contribution < -0.4 is 5.32 Å². The van der Waals surface area contributed by atoms with Crippen molar-refractivity contribution in [3.63, 3.8) is 0 Å². The van der Waals surface area contributed by atoms with Crippen LogP contribution in [0.15, 0.2) is 0 Å². The fraction of sp³-hybridized carbons (Fsp3) is 0.923. The van der Waals surface area contributed by atoms with Crippen LogP contribution in [0.4, 0.5) is 0 Å². The van der Waals surface area contributed by atoms with Gasteiger partial charge in [-0.25, -0.2) is 0 Å². The molecule has 0 aromatic rings. The molecule has 0 spiro atoms. The Morgan fingerprint density at radius 2 is 1.81 bits per heavy atom. The van der Waals surface area contributed by atoms with Gasteiger partial charge in [-0.1, -0.05) is 33.1 Å². The predicted molar refractivity (Wildman–Crippen MR) is 65.4 cm³/mol. The molecule has 1 fully saturated rings. The summed E-state index contributed by atoms with van der Waals surface area (Å²) >= 11 is 0. The summed E-state index contributed by atoms with van der Waals surface area (Å²) < 4.78 is 0. The summed E-state index contributed by atoms with van der Waals surface area (Å²) in [5.74, 6) is -0.174. The fourth-order valence-corrected chi connectivity index (χ4v) is 3.06. The Morgan fingerprint density at radius 1 is 1.25 bits per heavy atom. The highest BCUT2D eigenvalue weighted by atomic mass is 16.4. The van der Waals surface area contributed by atoms with Gasteiger partial charge < -0.3 is 10.4 Å². The molecule has 1 aliphatic rings. The van der Waals surface area contributed by atoms with E-state index in [2.05, 4.69) is 5.32 Å². The number of carboxylic acids is 1. The van der Waals surface area contributed by atoms with Crippen LogP contribution in [-0.2, 0) is 4.79 Å². The maximum absolute atomic E-state index is 11.3. The van der Waals surface area contributed by atoms with Crippen molar-refractivity contribution in [3.8, 4) is 0 Å². The largest absolute Gasteiger partial charge is 0.481 e. The number of hydrogen-bond acceptors (Lipinski definition) is 2. The van der Waals surface area contributed by atoms with Crippen molar-refractivity contribution in [1.29, 1.82) is 0 Å². The van der Waals surface area contributed by atoms with E-state index in [1.807, 2.05) is 20.9 Å². The number of rotatable bonds is 5. The summed E-state index contributed by atoms with van der Waals surface area (Å²) in [6, 6.07) is 0.137. The second-order valence-corrected chi connectivity index (χ2v) is 5.32. The minimum absolute atomic E-state index is 0.137. The molecule has 0 saturated heterocycles. The van der Waals surface area contributed by atoms with Crippen molar-refractivity contribution >= 4 is 5.97 Å². The number of carboxylic acid groups (broad SMARTS) is 1. The lowest BCUT2D eigenvalue weighted by molar-refractivity contribution is -0.145. The summed E-state index contributed by atoms with van der Waals surface area (Å²) in [6.45, 7) is 4.01. The maximum atomic E-state index is 11.3. The van der Waals surface area contributed by atoms with Crippen molar-refractivity contribution in [2.45, 2.75) is 52.0 Å². The number of carbonyl (C=O) groups is 1. The molecule has 1 saturated carbocycles. The van der Waals surface area contributed by atoms with Gasteiger partial charge in [-0.05, 0) is 31.7 Å². The summed E-state index contributed by atoms with van der Waals surface area (Å²) in [5.41, 5.74) is 0. The molecule has 2 unspecified atom stereocenters. The average Bonchev–Trinajstić information content (AvgIpc) is 2.25. The van der Waals surface area contributed by atoms with Crippen LogP contribution in [0.25, 0.3) is 0 Å². The molecule has 2 atom stereocenters. The van der Waals surface area contributed by atoms with Gasteiger partial charge in [0, 0.05) is 6.04 Å². The molecule has 2 N–H and O–H groups in total. The van der Waals surface area contributed by atoms with Crippen LogP contribution >= 0.6 is 0 Å². The molecular formula is C13H25NO2. The molecule has 0 aromatic carbocycles. The molecular weight excluding hydrogens is 202 g/mol. The van der Waals surface area contributed by atoms with Gasteiger partial charge in [0.25, 0.3) is 0 Å². The normalized spacial score (nSPS) is 22.0. The zero-order valence-electron chi connectivity index (χ0n) is 10.7. The van der Waals surface area contributed by atoms with Crippen molar-refractivity contribution < 1.29 is 9.90 Å². The number of aliphatic carboxylic acids is 1. The summed E-state index contributed by atoms with van der Waals surface area (Å²) in [4.78, 5) is 11.3. The summed E-state index contributed by atoms with van der Waals surface area (Å²) in [5, 5.41) is 12.6. The van der Waals surface area contributed by atoms with Gasteiger partial charge >= 0.3 is 5.97 Å². The van der Waals surface area contributed by atoms with E-state index in [0.717, 1.165) is 0 Å². The first kappa shape index (κ1) is 13.5. The highest BCUT2D eigenvalue weighted by Crippen LogP contribution is 2.32. The third-order valence-electron chi connectivity index (χ3n) is 3.88. The van der Waals surface area contributed by atoms with E-state index in [1.165, 1.54) is 32.1 Å². The van der Waals surface area contributed by atoms with E-state index < -0.39 is 5.97 Å². The monoisotopic (exact) mass is 227 g/mol. The molecule has 0 amide bonds. The standard InChI is InChI=1S/C13H25NO2/c1-9(2)11(13(15)16)12(14-3)10-7-5-4-6-8-10/h9-12,14H,4-8H2,1-3H3,(H,15,16). The lowest BCUT2D eigenvalue weighted by Crippen LogP contribution is -2.46. The average molecular weight is 227 g/mol. The molecule has 0 aliphatic heterocycles. The Bertz CT molecular complexity index is 222. The minimum atomic E-state index is -0.653. The Balaban J connectivity index is 2.72. The Morgan fingerprint density at radius 3 is 2.19 bits per heavy atom. The molecule has 0 heterocycles. The van der Waals surface area contributed by atoms with Gasteiger partial charge in [0.1, 0.15) is 0 Å². The van der Waals surface area contributed by atoms with Gasteiger partial charge in [-0.2, -0.15) is 0 Å². The quantitative estimate of drug-likeness (QED) is 0.758. The molecule has 3 heteroatoms. The Kier molecular flexibility index (Phi) is 5.26. The van der Waals surface area contributed by atoms with Crippen LogP contribution in [0.3, 0.4) is 0 Å². The predicted octanol–water partition coefficient (Wildman–Crippen LogP) is 2.51. The van der Waals surface area contributed by atoms with Gasteiger partial charge in [0.05, 0.1) is 5.92 Å². The molecule has 1 aliphatic carbocycles. The molecule has 16 heavy (non-hydrogen) atoms. The van der Waals surface area contributed by atoms with E-state index in [1.54, 1.807) is 0 Å². The van der Waals surface area contributed by atoms with Crippen molar-refractivity contribution in [1.82, 2.24) is 5.32 Å². The summed E-state index contributed by atoms with van der Waals surface area (Å²) in [7, 11) is 1.90.